The van der Waals surface area contributed by atoms with Crippen LogP contribution in [0.3, 0.4) is 0 Å². The van der Waals surface area contributed by atoms with E-state index < -0.39 is 6.09 Å². The third-order valence-corrected chi connectivity index (χ3v) is 8.72. The third kappa shape index (κ3) is 5.62. The van der Waals surface area contributed by atoms with Gasteiger partial charge in [0.25, 0.3) is 0 Å². The van der Waals surface area contributed by atoms with Crippen molar-refractivity contribution in [1.82, 2.24) is 10.3 Å². The van der Waals surface area contributed by atoms with Gasteiger partial charge in [0.1, 0.15) is 11.6 Å². The molecular weight excluding hydrogens is 552 g/mol. The van der Waals surface area contributed by atoms with Crippen LogP contribution in [0, 0.1) is 0 Å². The van der Waals surface area contributed by atoms with Gasteiger partial charge in [0, 0.05) is 29.1 Å². The lowest BCUT2D eigenvalue weighted by Crippen LogP contribution is -2.25. The van der Waals surface area contributed by atoms with E-state index in [0.717, 1.165) is 27.9 Å². The van der Waals surface area contributed by atoms with Crippen LogP contribution in [0.5, 0.6) is 0 Å². The van der Waals surface area contributed by atoms with Crippen LogP contribution in [0.15, 0.2) is 119 Å². The van der Waals surface area contributed by atoms with E-state index in [4.69, 9.17) is 16.3 Å². The zero-order chi connectivity index (χ0) is 28.2. The van der Waals surface area contributed by atoms with Crippen molar-refractivity contribution in [3.05, 3.63) is 137 Å². The van der Waals surface area contributed by atoms with Crippen molar-refractivity contribution in [2.45, 2.75) is 22.4 Å². The predicted molar refractivity (Wildman–Crippen MR) is 163 cm³/mol. The van der Waals surface area contributed by atoms with Crippen molar-refractivity contribution in [3.63, 3.8) is 0 Å². The van der Waals surface area contributed by atoms with E-state index in [9.17, 15) is 9.59 Å². The summed E-state index contributed by atoms with van der Waals surface area (Å²) in [5.41, 5.74) is 8.00. The molecule has 1 heterocycles. The second kappa shape index (κ2) is 12.0. The van der Waals surface area contributed by atoms with Gasteiger partial charge in [-0.2, -0.15) is 0 Å². The summed E-state index contributed by atoms with van der Waals surface area (Å²) < 4.78 is 5.69. The molecule has 0 saturated carbocycles. The van der Waals surface area contributed by atoms with Crippen LogP contribution in [0.25, 0.3) is 22.3 Å². The van der Waals surface area contributed by atoms with E-state index in [0.29, 0.717) is 22.2 Å². The molecule has 1 aromatic heterocycles. The van der Waals surface area contributed by atoms with Crippen molar-refractivity contribution in [2.24, 2.45) is 0 Å². The molecular formula is C34H25ClN2O3S. The second-order valence-electron chi connectivity index (χ2n) is 9.61. The number of hydrogen-bond acceptors (Lipinski definition) is 5. The molecule has 0 atom stereocenters. The number of aromatic nitrogens is 1. The SMILES string of the molecule is O=Cc1cccnc1Sc1c(Cl)cccc1-c1cccc(CNC(=O)OCC2c3ccccc3-c3ccccc32)c1. The van der Waals surface area contributed by atoms with Crippen LogP contribution in [0.1, 0.15) is 33.0 Å². The first kappa shape index (κ1) is 26.8. The largest absolute Gasteiger partial charge is 0.449 e. The number of hydrogen-bond donors (Lipinski definition) is 1. The normalized spacial score (nSPS) is 11.9. The Bertz CT molecular complexity index is 1710. The molecule has 0 radical (unpaired) electrons. The monoisotopic (exact) mass is 576 g/mol. The van der Waals surface area contributed by atoms with E-state index in [1.165, 1.54) is 34.0 Å². The Morgan fingerprint density at radius 2 is 1.59 bits per heavy atom. The fourth-order valence-corrected chi connectivity index (χ4v) is 6.48. The van der Waals surface area contributed by atoms with E-state index in [1.54, 1.807) is 18.3 Å². The molecule has 5 aromatic rings. The highest BCUT2D eigenvalue weighted by atomic mass is 35.5. The number of nitrogens with zero attached hydrogens (tertiary/aromatic N) is 1. The van der Waals surface area contributed by atoms with Gasteiger partial charge in [-0.25, -0.2) is 9.78 Å². The molecule has 0 saturated heterocycles. The van der Waals surface area contributed by atoms with Gasteiger partial charge in [-0.05, 0) is 63.2 Å². The number of fused-ring (bicyclic) bond motifs is 3. The number of ether oxygens (including phenoxy) is 1. The molecule has 7 heteroatoms. The molecule has 4 aromatic carbocycles. The number of carbonyl (C=O) groups is 2. The van der Waals surface area contributed by atoms with E-state index in [-0.39, 0.29) is 12.5 Å². The first-order valence-corrected chi connectivity index (χ1v) is 14.4. The average Bonchev–Trinajstić information content (AvgIpc) is 3.34. The molecule has 5 nitrogen and oxygen atoms in total. The average molecular weight is 577 g/mol. The van der Waals surface area contributed by atoms with Crippen molar-refractivity contribution >= 4 is 35.7 Å². The standard InChI is InChI=1S/C34H25ClN2O3S/c35-31-16-6-15-25(32(31)41-33-24(20-38)10-7-17-36-33)23-9-5-8-22(18-23)19-37-34(39)40-21-30-28-13-3-1-11-26(28)27-12-2-4-14-29(27)30/h1-18,20,30H,19,21H2,(H,37,39). The minimum atomic E-state index is -0.465. The minimum Gasteiger partial charge on any atom is -0.449 e. The van der Waals surface area contributed by atoms with Gasteiger partial charge in [0.15, 0.2) is 6.29 Å². The summed E-state index contributed by atoms with van der Waals surface area (Å²) in [6.45, 7) is 0.572. The third-order valence-electron chi connectivity index (χ3n) is 7.11. The van der Waals surface area contributed by atoms with Gasteiger partial charge in [0.2, 0.25) is 0 Å². The number of rotatable bonds is 8. The Morgan fingerprint density at radius 3 is 2.34 bits per heavy atom. The van der Waals surface area contributed by atoms with Gasteiger partial charge < -0.3 is 10.1 Å². The van der Waals surface area contributed by atoms with Crippen LogP contribution < -0.4 is 5.32 Å². The van der Waals surface area contributed by atoms with Crippen molar-refractivity contribution < 1.29 is 14.3 Å². The molecule has 1 aliphatic rings. The number of carbonyl (C=O) groups excluding carboxylic acids is 2. The summed E-state index contributed by atoms with van der Waals surface area (Å²) in [4.78, 5) is 29.4. The molecule has 202 valence electrons. The molecule has 1 aliphatic carbocycles. The van der Waals surface area contributed by atoms with Gasteiger partial charge in [-0.1, -0.05) is 102 Å². The highest BCUT2D eigenvalue weighted by Crippen LogP contribution is 2.44. The summed E-state index contributed by atoms with van der Waals surface area (Å²) in [6.07, 6.45) is 1.98. The van der Waals surface area contributed by atoms with Crippen LogP contribution in [0.4, 0.5) is 4.79 Å². The van der Waals surface area contributed by atoms with Gasteiger partial charge >= 0.3 is 6.09 Å². The Kier molecular flexibility index (Phi) is 7.85. The number of benzene rings is 4. The molecule has 0 spiro atoms. The molecule has 0 fully saturated rings. The number of amides is 1. The first-order valence-electron chi connectivity index (χ1n) is 13.2. The Hall–Kier alpha value is -4.39. The Labute approximate surface area is 247 Å². The van der Waals surface area contributed by atoms with Crippen molar-refractivity contribution in [1.29, 1.82) is 0 Å². The lowest BCUT2D eigenvalue weighted by molar-refractivity contribution is 0.112. The molecule has 1 amide bonds. The van der Waals surface area contributed by atoms with Crippen molar-refractivity contribution in [2.75, 3.05) is 6.61 Å². The lowest BCUT2D eigenvalue weighted by Gasteiger charge is -2.15. The maximum Gasteiger partial charge on any atom is 0.407 e. The topological polar surface area (TPSA) is 68.3 Å². The molecule has 1 N–H and O–H groups in total. The van der Waals surface area contributed by atoms with E-state index in [1.807, 2.05) is 66.7 Å². The molecule has 0 bridgehead atoms. The van der Waals surface area contributed by atoms with Crippen LogP contribution in [0.2, 0.25) is 5.02 Å². The van der Waals surface area contributed by atoms with Gasteiger partial charge in [0.05, 0.1) is 5.02 Å². The zero-order valence-corrected chi connectivity index (χ0v) is 23.5. The zero-order valence-electron chi connectivity index (χ0n) is 21.9. The highest BCUT2D eigenvalue weighted by Gasteiger charge is 2.29. The second-order valence-corrected chi connectivity index (χ2v) is 11.0. The molecule has 6 rings (SSSR count). The minimum absolute atomic E-state index is 0.00839. The first-order chi connectivity index (χ1) is 20.1. The highest BCUT2D eigenvalue weighted by molar-refractivity contribution is 7.99. The molecule has 41 heavy (non-hydrogen) atoms. The summed E-state index contributed by atoms with van der Waals surface area (Å²) >= 11 is 7.96. The number of halogens is 1. The van der Waals surface area contributed by atoms with Crippen molar-refractivity contribution in [3.8, 4) is 22.3 Å². The summed E-state index contributed by atoms with van der Waals surface area (Å²) in [7, 11) is 0. The number of pyridine rings is 1. The molecule has 0 unspecified atom stereocenters. The maximum atomic E-state index is 12.7. The number of aldehydes is 1. The smallest absolute Gasteiger partial charge is 0.407 e. The number of nitrogens with one attached hydrogen (secondary N) is 1. The van der Waals surface area contributed by atoms with Gasteiger partial charge in [-0.3, -0.25) is 4.79 Å². The Balaban J connectivity index is 1.14. The van der Waals surface area contributed by atoms with Crippen LogP contribution in [-0.2, 0) is 11.3 Å². The van der Waals surface area contributed by atoms with Gasteiger partial charge in [-0.15, -0.1) is 0 Å². The van der Waals surface area contributed by atoms with Crippen LogP contribution >= 0.6 is 23.4 Å². The van der Waals surface area contributed by atoms with Crippen LogP contribution in [-0.4, -0.2) is 24.0 Å². The fraction of sp³-hybridized carbons (Fsp3) is 0.0882. The fourth-order valence-electron chi connectivity index (χ4n) is 5.19. The lowest BCUT2D eigenvalue weighted by atomic mass is 9.98. The predicted octanol–water partition coefficient (Wildman–Crippen LogP) is 8.40. The summed E-state index contributed by atoms with van der Waals surface area (Å²) in [5.74, 6) is 0.00839. The quantitative estimate of drug-likeness (QED) is 0.188. The summed E-state index contributed by atoms with van der Waals surface area (Å²) in [6, 6.07) is 33.6. The molecule has 0 aliphatic heterocycles. The van der Waals surface area contributed by atoms with E-state index in [2.05, 4.69) is 34.6 Å². The number of alkyl carbamates (subject to hydrolysis) is 1. The summed E-state index contributed by atoms with van der Waals surface area (Å²) in [5, 5.41) is 4.04. The van der Waals surface area contributed by atoms with E-state index >= 15 is 0 Å². The Morgan fingerprint density at radius 1 is 0.878 bits per heavy atom. The maximum absolute atomic E-state index is 12.7.